The second-order valence-electron chi connectivity index (χ2n) is 6.27. The molecule has 0 spiro atoms. The molecule has 8 heteroatoms. The number of rotatable bonds is 7. The molecule has 27 heavy (non-hydrogen) atoms. The molecule has 3 N–H and O–H groups in total. The van der Waals surface area contributed by atoms with Crippen molar-refractivity contribution in [1.82, 2.24) is 19.7 Å². The molecule has 140 valence electrons. The number of aromatic nitrogens is 4. The third-order valence-electron chi connectivity index (χ3n) is 4.08. The number of amides is 1. The number of anilines is 1. The number of nitrogens with two attached hydrogens (primary N) is 1. The number of carbonyl (C=O) groups is 1. The smallest absolute Gasteiger partial charge is 0.248 e. The van der Waals surface area contributed by atoms with Crippen LogP contribution in [0.3, 0.4) is 0 Å². The second-order valence-corrected chi connectivity index (χ2v) is 6.27. The zero-order valence-electron chi connectivity index (χ0n) is 15.3. The molecule has 2 heterocycles. The molecule has 0 saturated carbocycles. The Hall–Kier alpha value is -3.26. The first-order chi connectivity index (χ1) is 13.0. The number of pyridine rings is 1. The van der Waals surface area contributed by atoms with E-state index in [1.165, 1.54) is 0 Å². The molecule has 0 atom stereocenters. The largest absolute Gasteiger partial charge is 0.396 e. The topological polar surface area (TPSA) is 110 Å². The SMILES string of the molecule is CN(C)c1ncccc1-c1nc(-c2ccc(C(N)=O)cc2)nn1CCCO. The first kappa shape index (κ1) is 18.5. The number of benzene rings is 1. The molecule has 0 bridgehead atoms. The van der Waals surface area contributed by atoms with Gasteiger partial charge in [-0.2, -0.15) is 5.10 Å². The number of carbonyl (C=O) groups excluding carboxylic acids is 1. The maximum atomic E-state index is 11.3. The molecule has 3 rings (SSSR count). The molecule has 8 nitrogen and oxygen atoms in total. The van der Waals surface area contributed by atoms with E-state index in [9.17, 15) is 9.90 Å². The van der Waals surface area contributed by atoms with E-state index in [4.69, 9.17) is 10.7 Å². The summed E-state index contributed by atoms with van der Waals surface area (Å²) in [6.45, 7) is 0.593. The number of aliphatic hydroxyl groups excluding tert-OH is 1. The summed E-state index contributed by atoms with van der Waals surface area (Å²) in [5, 5.41) is 13.8. The van der Waals surface area contributed by atoms with E-state index >= 15 is 0 Å². The van der Waals surface area contributed by atoms with Crippen molar-refractivity contribution in [3.63, 3.8) is 0 Å². The number of hydrogen-bond donors (Lipinski definition) is 2. The molecule has 0 radical (unpaired) electrons. The van der Waals surface area contributed by atoms with Crippen LogP contribution in [-0.4, -0.2) is 51.5 Å². The van der Waals surface area contributed by atoms with Crippen LogP contribution < -0.4 is 10.6 Å². The van der Waals surface area contributed by atoms with E-state index in [1.807, 2.05) is 31.1 Å². The first-order valence-electron chi connectivity index (χ1n) is 8.60. The normalized spacial score (nSPS) is 10.8. The van der Waals surface area contributed by atoms with Crippen LogP contribution >= 0.6 is 0 Å². The van der Waals surface area contributed by atoms with Gasteiger partial charge in [0, 0.05) is 44.6 Å². The lowest BCUT2D eigenvalue weighted by atomic mass is 10.1. The van der Waals surface area contributed by atoms with E-state index in [0.717, 1.165) is 16.9 Å². The van der Waals surface area contributed by atoms with E-state index in [0.29, 0.717) is 30.2 Å². The van der Waals surface area contributed by atoms with Gasteiger partial charge in [0.1, 0.15) is 5.82 Å². The lowest BCUT2D eigenvalue weighted by molar-refractivity contribution is 0.100. The van der Waals surface area contributed by atoms with Crippen LogP contribution in [0, 0.1) is 0 Å². The lowest BCUT2D eigenvalue weighted by Gasteiger charge is -2.15. The minimum absolute atomic E-state index is 0.0650. The highest BCUT2D eigenvalue weighted by Crippen LogP contribution is 2.28. The molecule has 0 fully saturated rings. The molecule has 0 aliphatic rings. The monoisotopic (exact) mass is 366 g/mol. The molecule has 1 amide bonds. The second kappa shape index (κ2) is 7.96. The fourth-order valence-corrected chi connectivity index (χ4v) is 2.75. The Labute approximate surface area is 157 Å². The van der Waals surface area contributed by atoms with E-state index in [1.54, 1.807) is 35.1 Å². The standard InChI is InChI=1S/C19H22N6O2/c1-24(2)18-15(5-3-10-21-18)19-22-17(23-25(19)11-4-12-26)14-8-6-13(7-9-14)16(20)27/h3,5-10,26H,4,11-12H2,1-2H3,(H2,20,27). The van der Waals surface area contributed by atoms with Gasteiger partial charge in [-0.15, -0.1) is 0 Å². The Balaban J connectivity index is 2.07. The Kier molecular flexibility index (Phi) is 5.46. The number of aliphatic hydroxyl groups is 1. The summed E-state index contributed by atoms with van der Waals surface area (Å²) in [4.78, 5) is 22.3. The minimum Gasteiger partial charge on any atom is -0.396 e. The fourth-order valence-electron chi connectivity index (χ4n) is 2.75. The maximum Gasteiger partial charge on any atom is 0.248 e. The maximum absolute atomic E-state index is 11.3. The van der Waals surface area contributed by atoms with Crippen molar-refractivity contribution in [2.24, 2.45) is 5.73 Å². The highest BCUT2D eigenvalue weighted by molar-refractivity contribution is 5.93. The number of nitrogens with zero attached hydrogens (tertiary/aromatic N) is 5. The molecule has 1 aromatic carbocycles. The summed E-state index contributed by atoms with van der Waals surface area (Å²) in [6, 6.07) is 10.6. The Bertz CT molecular complexity index is 934. The number of aryl methyl sites for hydroxylation is 1. The molecular weight excluding hydrogens is 344 g/mol. The van der Waals surface area contributed by atoms with Crippen molar-refractivity contribution in [1.29, 1.82) is 0 Å². The summed E-state index contributed by atoms with van der Waals surface area (Å²) >= 11 is 0. The highest BCUT2D eigenvalue weighted by atomic mass is 16.3. The van der Waals surface area contributed by atoms with Crippen LogP contribution in [0.2, 0.25) is 0 Å². The third-order valence-corrected chi connectivity index (χ3v) is 4.08. The van der Waals surface area contributed by atoms with Gasteiger partial charge in [0.15, 0.2) is 11.6 Å². The van der Waals surface area contributed by atoms with Crippen LogP contribution in [-0.2, 0) is 6.54 Å². The molecule has 0 aliphatic heterocycles. The highest BCUT2D eigenvalue weighted by Gasteiger charge is 2.18. The molecule has 0 unspecified atom stereocenters. The quantitative estimate of drug-likeness (QED) is 0.656. The zero-order chi connectivity index (χ0) is 19.4. The van der Waals surface area contributed by atoms with Gasteiger partial charge in [0.05, 0.1) is 5.56 Å². The van der Waals surface area contributed by atoms with Gasteiger partial charge in [-0.1, -0.05) is 12.1 Å². The fraction of sp³-hybridized carbons (Fsp3) is 0.263. The lowest BCUT2D eigenvalue weighted by Crippen LogP contribution is -2.13. The Morgan fingerprint density at radius 1 is 1.22 bits per heavy atom. The van der Waals surface area contributed by atoms with E-state index < -0.39 is 5.91 Å². The van der Waals surface area contributed by atoms with Gasteiger partial charge in [0.25, 0.3) is 0 Å². The van der Waals surface area contributed by atoms with Crippen molar-refractivity contribution < 1.29 is 9.90 Å². The third kappa shape index (κ3) is 3.95. The van der Waals surface area contributed by atoms with Gasteiger partial charge in [-0.3, -0.25) is 4.79 Å². The van der Waals surface area contributed by atoms with Crippen molar-refractivity contribution in [2.45, 2.75) is 13.0 Å². The van der Waals surface area contributed by atoms with Crippen LogP contribution in [0.15, 0.2) is 42.6 Å². The average molecular weight is 366 g/mol. The van der Waals surface area contributed by atoms with Gasteiger partial charge < -0.3 is 15.7 Å². The van der Waals surface area contributed by atoms with Crippen LogP contribution in [0.25, 0.3) is 22.8 Å². The molecule has 0 saturated heterocycles. The summed E-state index contributed by atoms with van der Waals surface area (Å²) in [7, 11) is 3.84. The summed E-state index contributed by atoms with van der Waals surface area (Å²) in [5.41, 5.74) is 7.36. The number of primary amides is 1. The summed E-state index contributed by atoms with van der Waals surface area (Å²) in [6.07, 6.45) is 2.30. The van der Waals surface area contributed by atoms with Gasteiger partial charge in [-0.25, -0.2) is 14.6 Å². The van der Waals surface area contributed by atoms with Crippen LogP contribution in [0.1, 0.15) is 16.8 Å². The number of hydrogen-bond acceptors (Lipinski definition) is 6. The predicted octanol–water partition coefficient (Wildman–Crippen LogP) is 1.55. The van der Waals surface area contributed by atoms with Crippen LogP contribution in [0.4, 0.5) is 5.82 Å². The van der Waals surface area contributed by atoms with E-state index in [-0.39, 0.29) is 6.61 Å². The van der Waals surface area contributed by atoms with E-state index in [2.05, 4.69) is 10.1 Å². The summed E-state index contributed by atoms with van der Waals surface area (Å²) < 4.78 is 1.78. The van der Waals surface area contributed by atoms with Crippen molar-refractivity contribution in [3.8, 4) is 22.8 Å². The Morgan fingerprint density at radius 3 is 2.59 bits per heavy atom. The molecule has 3 aromatic rings. The molecule has 2 aromatic heterocycles. The Morgan fingerprint density at radius 2 is 1.96 bits per heavy atom. The first-order valence-corrected chi connectivity index (χ1v) is 8.60. The van der Waals surface area contributed by atoms with Crippen molar-refractivity contribution >= 4 is 11.7 Å². The van der Waals surface area contributed by atoms with Crippen molar-refractivity contribution in [3.05, 3.63) is 48.2 Å². The minimum atomic E-state index is -0.477. The molecular formula is C19H22N6O2. The van der Waals surface area contributed by atoms with Gasteiger partial charge in [-0.05, 0) is 30.7 Å². The summed E-state index contributed by atoms with van der Waals surface area (Å²) in [5.74, 6) is 1.52. The zero-order valence-corrected chi connectivity index (χ0v) is 15.3. The predicted molar refractivity (Wildman–Crippen MR) is 103 cm³/mol. The van der Waals surface area contributed by atoms with Crippen molar-refractivity contribution in [2.75, 3.05) is 25.6 Å². The van der Waals surface area contributed by atoms with Gasteiger partial charge in [0.2, 0.25) is 5.91 Å². The van der Waals surface area contributed by atoms with Gasteiger partial charge >= 0.3 is 0 Å². The molecule has 0 aliphatic carbocycles. The average Bonchev–Trinajstić information content (AvgIpc) is 3.10. The van der Waals surface area contributed by atoms with Crippen LogP contribution in [0.5, 0.6) is 0 Å².